The van der Waals surface area contributed by atoms with Crippen LogP contribution in [0.25, 0.3) is 16.9 Å². The molecule has 1 aromatic heterocycles. The van der Waals surface area contributed by atoms with Gasteiger partial charge in [0.2, 0.25) is 0 Å². The highest BCUT2D eigenvalue weighted by Gasteiger charge is 2.10. The summed E-state index contributed by atoms with van der Waals surface area (Å²) >= 11 is 6.10. The number of benzene rings is 2. The number of carbonyl (C=O) groups excluding carboxylic acids is 1. The molecule has 1 amide bonds. The average Bonchev–Trinajstić information content (AvgIpc) is 3.10. The molecule has 1 heterocycles. The van der Waals surface area contributed by atoms with E-state index in [4.69, 9.17) is 11.6 Å². The monoisotopic (exact) mass is 373 g/mol. The summed E-state index contributed by atoms with van der Waals surface area (Å²) in [5, 5.41) is 7.48. The minimum Gasteiger partial charge on any atom is -0.453 e. The van der Waals surface area contributed by atoms with E-state index in [0.717, 1.165) is 22.4 Å². The van der Waals surface area contributed by atoms with Gasteiger partial charge in [0, 0.05) is 18.3 Å². The molecule has 5 nitrogen and oxygen atoms in total. The molecule has 134 valence electrons. The first kappa shape index (κ1) is 17.9. The van der Waals surface area contributed by atoms with Crippen molar-refractivity contribution in [2.24, 2.45) is 0 Å². The molecule has 0 aliphatic heterocycles. The molecule has 0 saturated carbocycles. The van der Waals surface area contributed by atoms with Gasteiger partial charge in [0.1, 0.15) is 5.82 Å². The Kier molecular flexibility index (Phi) is 5.23. The van der Waals surface area contributed by atoms with Gasteiger partial charge < -0.3 is 10.1 Å². The molecular formula is C19H17ClFN3O2. The third-order valence-electron chi connectivity index (χ3n) is 4.00. The van der Waals surface area contributed by atoms with E-state index in [9.17, 15) is 9.18 Å². The molecule has 26 heavy (non-hydrogen) atoms. The van der Waals surface area contributed by atoms with Gasteiger partial charge in [-0.25, -0.2) is 13.9 Å². The van der Waals surface area contributed by atoms with E-state index in [-0.39, 0.29) is 5.02 Å². The highest BCUT2D eigenvalue weighted by Crippen LogP contribution is 2.25. The summed E-state index contributed by atoms with van der Waals surface area (Å²) in [6, 6.07) is 11.9. The summed E-state index contributed by atoms with van der Waals surface area (Å²) in [5.41, 5.74) is 4.24. The van der Waals surface area contributed by atoms with Crippen LogP contribution in [-0.2, 0) is 11.3 Å². The van der Waals surface area contributed by atoms with Gasteiger partial charge in [-0.15, -0.1) is 0 Å². The van der Waals surface area contributed by atoms with Gasteiger partial charge in [-0.1, -0.05) is 23.7 Å². The number of alkyl carbamates (subject to hydrolysis) is 1. The van der Waals surface area contributed by atoms with Crippen molar-refractivity contribution in [3.05, 3.63) is 70.6 Å². The normalized spacial score (nSPS) is 10.6. The van der Waals surface area contributed by atoms with Gasteiger partial charge in [-0.05, 0) is 48.4 Å². The first-order valence-electron chi connectivity index (χ1n) is 7.91. The number of amides is 1. The largest absolute Gasteiger partial charge is 0.453 e. The van der Waals surface area contributed by atoms with Gasteiger partial charge >= 0.3 is 6.09 Å². The van der Waals surface area contributed by atoms with Crippen molar-refractivity contribution >= 4 is 17.7 Å². The van der Waals surface area contributed by atoms with Gasteiger partial charge in [0.05, 0.1) is 23.5 Å². The third kappa shape index (κ3) is 3.86. The van der Waals surface area contributed by atoms with E-state index in [1.807, 2.05) is 31.2 Å². The quantitative estimate of drug-likeness (QED) is 0.732. The predicted octanol–water partition coefficient (Wildman–Crippen LogP) is 4.50. The fraction of sp³-hybridized carbons (Fsp3) is 0.158. The Bertz CT molecular complexity index is 956. The summed E-state index contributed by atoms with van der Waals surface area (Å²) in [7, 11) is 1.33. The van der Waals surface area contributed by atoms with Crippen LogP contribution in [0.15, 0.2) is 48.7 Å². The zero-order valence-corrected chi connectivity index (χ0v) is 15.0. The summed E-state index contributed by atoms with van der Waals surface area (Å²) in [6.45, 7) is 2.33. The van der Waals surface area contributed by atoms with Gasteiger partial charge in [0.15, 0.2) is 0 Å². The molecule has 7 heteroatoms. The van der Waals surface area contributed by atoms with Crippen LogP contribution in [0.3, 0.4) is 0 Å². The van der Waals surface area contributed by atoms with Crippen molar-refractivity contribution in [3.8, 4) is 16.9 Å². The highest BCUT2D eigenvalue weighted by atomic mass is 35.5. The summed E-state index contributed by atoms with van der Waals surface area (Å²) in [6.07, 6.45) is 1.28. The van der Waals surface area contributed by atoms with Crippen molar-refractivity contribution in [2.75, 3.05) is 7.11 Å². The van der Waals surface area contributed by atoms with Crippen molar-refractivity contribution in [2.45, 2.75) is 13.5 Å². The number of nitrogens with zero attached hydrogens (tertiary/aromatic N) is 2. The lowest BCUT2D eigenvalue weighted by molar-refractivity contribution is 0.170. The second-order valence-electron chi connectivity index (χ2n) is 5.73. The van der Waals surface area contributed by atoms with E-state index in [1.54, 1.807) is 16.9 Å². The summed E-state index contributed by atoms with van der Waals surface area (Å²) in [4.78, 5) is 11.3. The Labute approximate surface area is 155 Å². The standard InChI is InChI=1S/C19H17ClFN3O2/c1-12-3-4-13(9-14(12)11-22-19(25)26-2)17-7-8-24(23-17)18-6-5-15(21)10-16(18)20/h3-10H,11H2,1-2H3,(H,22,25). The minimum absolute atomic E-state index is 0.284. The molecule has 0 spiro atoms. The fourth-order valence-electron chi connectivity index (χ4n) is 2.54. The number of carbonyl (C=O) groups is 1. The number of aromatic nitrogens is 2. The van der Waals surface area contributed by atoms with Gasteiger partial charge in [0.25, 0.3) is 0 Å². The van der Waals surface area contributed by atoms with E-state index >= 15 is 0 Å². The summed E-state index contributed by atoms with van der Waals surface area (Å²) in [5.74, 6) is -0.396. The van der Waals surface area contributed by atoms with Crippen LogP contribution < -0.4 is 5.32 Å². The molecule has 0 atom stereocenters. The molecule has 0 unspecified atom stereocenters. The number of aryl methyl sites for hydroxylation is 1. The Morgan fingerprint density at radius 3 is 2.81 bits per heavy atom. The number of rotatable bonds is 4. The number of halogens is 2. The van der Waals surface area contributed by atoms with Crippen LogP contribution in [0.1, 0.15) is 11.1 Å². The van der Waals surface area contributed by atoms with Gasteiger partial charge in [-0.3, -0.25) is 0 Å². The van der Waals surface area contributed by atoms with Crippen molar-refractivity contribution in [3.63, 3.8) is 0 Å². The molecule has 0 aliphatic carbocycles. The topological polar surface area (TPSA) is 56.1 Å². The third-order valence-corrected chi connectivity index (χ3v) is 4.30. The highest BCUT2D eigenvalue weighted by molar-refractivity contribution is 6.32. The number of methoxy groups -OCH3 is 1. The van der Waals surface area contributed by atoms with E-state index < -0.39 is 11.9 Å². The molecule has 2 aromatic carbocycles. The molecule has 0 fully saturated rings. The van der Waals surface area contributed by atoms with Crippen molar-refractivity contribution in [1.29, 1.82) is 0 Å². The zero-order chi connectivity index (χ0) is 18.7. The zero-order valence-electron chi connectivity index (χ0n) is 14.3. The maximum absolute atomic E-state index is 13.2. The Morgan fingerprint density at radius 2 is 2.08 bits per heavy atom. The lowest BCUT2D eigenvalue weighted by atomic mass is 10.0. The van der Waals surface area contributed by atoms with Crippen molar-refractivity contribution in [1.82, 2.24) is 15.1 Å². The average molecular weight is 374 g/mol. The van der Waals surface area contributed by atoms with Crippen LogP contribution >= 0.6 is 11.6 Å². The predicted molar refractivity (Wildman–Crippen MR) is 97.9 cm³/mol. The van der Waals surface area contributed by atoms with Crippen LogP contribution in [0.2, 0.25) is 5.02 Å². The number of hydrogen-bond donors (Lipinski definition) is 1. The number of hydrogen-bond acceptors (Lipinski definition) is 3. The van der Waals surface area contributed by atoms with Gasteiger partial charge in [-0.2, -0.15) is 5.10 Å². The van der Waals surface area contributed by atoms with Crippen LogP contribution in [0.5, 0.6) is 0 Å². The van der Waals surface area contributed by atoms with E-state index in [2.05, 4.69) is 15.2 Å². The van der Waals surface area contributed by atoms with Crippen molar-refractivity contribution < 1.29 is 13.9 Å². The van der Waals surface area contributed by atoms with Crippen LogP contribution in [0, 0.1) is 12.7 Å². The Balaban J connectivity index is 1.88. The second-order valence-corrected chi connectivity index (χ2v) is 6.13. The molecular weight excluding hydrogens is 357 g/mol. The lowest BCUT2D eigenvalue weighted by Gasteiger charge is -2.09. The van der Waals surface area contributed by atoms with E-state index in [1.165, 1.54) is 19.2 Å². The van der Waals surface area contributed by atoms with Crippen LogP contribution in [0.4, 0.5) is 9.18 Å². The first-order chi connectivity index (χ1) is 12.5. The molecule has 0 aliphatic rings. The molecule has 1 N–H and O–H groups in total. The van der Waals surface area contributed by atoms with Crippen LogP contribution in [-0.4, -0.2) is 23.0 Å². The number of ether oxygens (including phenoxy) is 1. The van der Waals surface area contributed by atoms with E-state index in [0.29, 0.717) is 12.2 Å². The molecule has 3 rings (SSSR count). The lowest BCUT2D eigenvalue weighted by Crippen LogP contribution is -2.22. The molecule has 0 saturated heterocycles. The fourth-order valence-corrected chi connectivity index (χ4v) is 2.79. The maximum Gasteiger partial charge on any atom is 0.407 e. The maximum atomic E-state index is 13.2. The smallest absolute Gasteiger partial charge is 0.407 e. The first-order valence-corrected chi connectivity index (χ1v) is 8.28. The SMILES string of the molecule is COC(=O)NCc1cc(-c2ccn(-c3ccc(F)cc3Cl)n2)ccc1C. The number of nitrogens with one attached hydrogen (secondary N) is 1. The molecule has 3 aromatic rings. The Morgan fingerprint density at radius 1 is 1.27 bits per heavy atom. The second kappa shape index (κ2) is 7.58. The summed E-state index contributed by atoms with van der Waals surface area (Å²) < 4.78 is 19.4. The minimum atomic E-state index is -0.481. The molecule has 0 radical (unpaired) electrons. The Hall–Kier alpha value is -2.86. The molecule has 0 bridgehead atoms.